The van der Waals surface area contributed by atoms with Gasteiger partial charge in [-0.25, -0.2) is 13.2 Å². The number of sulfonamides is 1. The van der Waals surface area contributed by atoms with E-state index in [-0.39, 0.29) is 54.6 Å². The Labute approximate surface area is 309 Å². The first-order chi connectivity index (χ1) is 24.0. The number of carbonyl (C=O) groups is 5. The van der Waals surface area contributed by atoms with Gasteiger partial charge in [-0.05, 0) is 46.6 Å². The fraction of sp³-hybridized carbons (Fsp3) is 0.605. The molecule has 52 heavy (non-hydrogen) atoms. The predicted octanol–water partition coefficient (Wildman–Crippen LogP) is 2.69. The van der Waals surface area contributed by atoms with Gasteiger partial charge >= 0.3 is 6.03 Å². The normalized spacial score (nSPS) is 21.1. The lowest BCUT2D eigenvalue weighted by Gasteiger charge is -2.39. The molecule has 2 aliphatic rings. The Morgan fingerprint density at radius 1 is 1.04 bits per heavy atom. The summed E-state index contributed by atoms with van der Waals surface area (Å²) in [6.45, 7) is 18.8. The van der Waals surface area contributed by atoms with E-state index >= 15 is 0 Å². The number of terminal acetylenes is 1. The Morgan fingerprint density at radius 3 is 2.19 bits per heavy atom. The molecule has 1 aliphatic heterocycles. The summed E-state index contributed by atoms with van der Waals surface area (Å²) in [6, 6.07) is 3.47. The standard InChI is InChI=1S/C38H56N6O7S/c1-12-14-20-26(30(45)33(47)39-21-13-2)41-32(46)29-28-25(38(28,9)10)23-44(29)34(48)31(37(6,7)8)42-35(49)40-22-27(36(3,4)5)43(11)52(50,51)24-18-16-15-17-19-24/h1,13,15-19,25-29,31H,2,14,20-23H2,3-11H3,(H,39,47)(H,41,46)(H2,40,42,49)/t25-,26?,27+,28-,29-,31+/m0/s1. The van der Waals surface area contributed by atoms with Gasteiger partial charge in [0.25, 0.3) is 5.91 Å². The number of carbonyl (C=O) groups excluding carboxylic acids is 5. The molecule has 0 spiro atoms. The average Bonchev–Trinajstić information content (AvgIpc) is 3.37. The van der Waals surface area contributed by atoms with Crippen LogP contribution in [0.4, 0.5) is 4.79 Å². The molecule has 13 nitrogen and oxygen atoms in total. The van der Waals surface area contributed by atoms with Crippen LogP contribution < -0.4 is 21.3 Å². The zero-order chi connectivity index (χ0) is 39.4. The summed E-state index contributed by atoms with van der Waals surface area (Å²) in [6.07, 6.45) is 7.02. The van der Waals surface area contributed by atoms with Gasteiger partial charge in [-0.2, -0.15) is 4.31 Å². The van der Waals surface area contributed by atoms with Crippen molar-refractivity contribution in [1.29, 1.82) is 0 Å². The minimum Gasteiger partial charge on any atom is -0.346 e. The van der Waals surface area contributed by atoms with Crippen molar-refractivity contribution >= 4 is 39.6 Å². The number of benzene rings is 1. The predicted molar refractivity (Wildman–Crippen MR) is 199 cm³/mol. The number of ketones is 1. The smallest absolute Gasteiger partial charge is 0.315 e. The van der Waals surface area contributed by atoms with Crippen LogP contribution >= 0.6 is 0 Å². The summed E-state index contributed by atoms with van der Waals surface area (Å²) in [4.78, 5) is 69.0. The number of piperidine rings is 1. The van der Waals surface area contributed by atoms with Crippen LogP contribution in [0.1, 0.15) is 68.2 Å². The zero-order valence-electron chi connectivity index (χ0n) is 31.9. The Balaban J connectivity index is 1.82. The Morgan fingerprint density at radius 2 is 1.65 bits per heavy atom. The summed E-state index contributed by atoms with van der Waals surface area (Å²) in [7, 11) is -2.41. The van der Waals surface area contributed by atoms with Gasteiger partial charge < -0.3 is 26.2 Å². The molecular formula is C38H56N6O7S. The highest BCUT2D eigenvalue weighted by Crippen LogP contribution is 2.65. The lowest BCUT2D eigenvalue weighted by atomic mass is 9.85. The number of urea groups is 1. The fourth-order valence-electron chi connectivity index (χ4n) is 7.07. The lowest BCUT2D eigenvalue weighted by Crippen LogP contribution is -2.62. The van der Waals surface area contributed by atoms with Crippen LogP contribution in [0.3, 0.4) is 0 Å². The molecule has 5 amide bonds. The van der Waals surface area contributed by atoms with Crippen LogP contribution in [0.2, 0.25) is 0 Å². The first-order valence-electron chi connectivity index (χ1n) is 17.6. The molecule has 1 unspecified atom stereocenters. The molecule has 3 rings (SSSR count). The van der Waals surface area contributed by atoms with E-state index in [1.807, 2.05) is 34.6 Å². The van der Waals surface area contributed by atoms with E-state index in [9.17, 15) is 32.4 Å². The van der Waals surface area contributed by atoms with Crippen LogP contribution in [0.5, 0.6) is 0 Å². The number of hydrogen-bond acceptors (Lipinski definition) is 7. The van der Waals surface area contributed by atoms with E-state index in [0.29, 0.717) is 0 Å². The molecule has 1 aromatic carbocycles. The Hall–Kier alpha value is -4.22. The number of likely N-dealkylation sites (N-methyl/N-ethyl adjacent to an activating group) is 1. The largest absolute Gasteiger partial charge is 0.346 e. The van der Waals surface area contributed by atoms with Crippen LogP contribution in [-0.4, -0.2) is 98.0 Å². The maximum atomic E-state index is 14.4. The van der Waals surface area contributed by atoms with Crippen molar-refractivity contribution in [1.82, 2.24) is 30.5 Å². The van der Waals surface area contributed by atoms with Crippen LogP contribution in [0, 0.1) is 40.4 Å². The van der Waals surface area contributed by atoms with Crippen LogP contribution in [0.15, 0.2) is 47.9 Å². The summed E-state index contributed by atoms with van der Waals surface area (Å²) in [5.41, 5.74) is -1.64. The Kier molecular flexibility index (Phi) is 13.2. The highest BCUT2D eigenvalue weighted by Gasteiger charge is 2.70. The highest BCUT2D eigenvalue weighted by molar-refractivity contribution is 7.89. The minimum absolute atomic E-state index is 0.00652. The molecule has 4 N–H and O–H groups in total. The minimum atomic E-state index is -3.89. The second-order valence-electron chi connectivity index (χ2n) is 16.4. The molecular weight excluding hydrogens is 685 g/mol. The number of fused-ring (bicyclic) bond motifs is 1. The SMILES string of the molecule is C#CCCC(NC(=O)[C@@H]1[C@@H]2[C@H](CN1C(=O)[C@@H](NC(=O)NC[C@@H](N(C)S(=O)(=O)c1ccccc1)C(C)(C)C)C(C)(C)C)C2(C)C)C(=O)C(=O)NCC=C. The molecule has 14 heteroatoms. The molecule has 6 atom stereocenters. The molecule has 1 heterocycles. The monoisotopic (exact) mass is 740 g/mol. The van der Waals surface area contributed by atoms with Gasteiger partial charge in [-0.3, -0.25) is 19.2 Å². The summed E-state index contributed by atoms with van der Waals surface area (Å²) in [5, 5.41) is 10.7. The number of Topliss-reactive ketones (excluding diaryl/α,β-unsaturated/α-hetero) is 1. The molecule has 0 radical (unpaired) electrons. The maximum absolute atomic E-state index is 14.4. The number of nitrogens with one attached hydrogen (secondary N) is 4. The molecule has 0 aromatic heterocycles. The first kappa shape index (κ1) is 42.2. The third-order valence-electron chi connectivity index (χ3n) is 10.3. The van der Waals surface area contributed by atoms with Crippen LogP contribution in [-0.2, 0) is 29.2 Å². The average molecular weight is 741 g/mol. The van der Waals surface area contributed by atoms with Gasteiger partial charge in [0.05, 0.1) is 10.9 Å². The van der Waals surface area contributed by atoms with Gasteiger partial charge in [0.1, 0.15) is 12.1 Å². The van der Waals surface area contributed by atoms with E-state index in [2.05, 4.69) is 33.8 Å². The number of amides is 5. The van der Waals surface area contributed by atoms with E-state index < -0.39 is 74.6 Å². The fourth-order valence-corrected chi connectivity index (χ4v) is 8.63. The summed E-state index contributed by atoms with van der Waals surface area (Å²) in [5.74, 6) is -0.554. The van der Waals surface area contributed by atoms with E-state index in [4.69, 9.17) is 6.42 Å². The van der Waals surface area contributed by atoms with Gasteiger partial charge in [-0.1, -0.05) is 79.7 Å². The van der Waals surface area contributed by atoms with Crippen molar-refractivity contribution in [3.8, 4) is 12.3 Å². The number of likely N-dealkylation sites (tertiary alicyclic amines) is 1. The third kappa shape index (κ3) is 9.41. The summed E-state index contributed by atoms with van der Waals surface area (Å²) >= 11 is 0. The maximum Gasteiger partial charge on any atom is 0.315 e. The number of rotatable bonds is 15. The van der Waals surface area contributed by atoms with Gasteiger partial charge in [0.2, 0.25) is 27.6 Å². The molecule has 2 fully saturated rings. The quantitative estimate of drug-likeness (QED) is 0.122. The molecule has 0 bridgehead atoms. The van der Waals surface area contributed by atoms with Crippen molar-refractivity contribution in [2.75, 3.05) is 26.7 Å². The van der Waals surface area contributed by atoms with Crippen molar-refractivity contribution in [2.24, 2.45) is 28.1 Å². The Bertz CT molecular complexity index is 1670. The number of nitrogens with zero attached hydrogens (tertiary/aromatic N) is 2. The molecule has 1 saturated heterocycles. The first-order valence-corrected chi connectivity index (χ1v) is 19.0. The van der Waals surface area contributed by atoms with E-state index in [0.717, 1.165) is 0 Å². The second kappa shape index (κ2) is 16.2. The van der Waals surface area contributed by atoms with Crippen molar-refractivity contribution in [2.45, 2.75) is 97.3 Å². The third-order valence-corrected chi connectivity index (χ3v) is 12.2. The molecule has 1 saturated carbocycles. The van der Waals surface area contributed by atoms with Crippen molar-refractivity contribution in [3.63, 3.8) is 0 Å². The lowest BCUT2D eigenvalue weighted by molar-refractivity contribution is -0.145. The van der Waals surface area contributed by atoms with Gasteiger partial charge in [0, 0.05) is 39.1 Å². The second-order valence-corrected chi connectivity index (χ2v) is 18.4. The van der Waals surface area contributed by atoms with Crippen LogP contribution in [0.25, 0.3) is 0 Å². The molecule has 286 valence electrons. The topological polar surface area (TPSA) is 174 Å². The van der Waals surface area contributed by atoms with Crippen molar-refractivity contribution in [3.05, 3.63) is 43.0 Å². The van der Waals surface area contributed by atoms with Crippen molar-refractivity contribution < 1.29 is 32.4 Å². The summed E-state index contributed by atoms with van der Waals surface area (Å²) < 4.78 is 28.2. The van der Waals surface area contributed by atoms with Gasteiger partial charge in [-0.15, -0.1) is 18.9 Å². The highest BCUT2D eigenvalue weighted by atomic mass is 32.2. The molecule has 1 aliphatic carbocycles. The zero-order valence-corrected chi connectivity index (χ0v) is 32.7. The molecule has 1 aromatic rings. The van der Waals surface area contributed by atoms with Gasteiger partial charge in [0.15, 0.2) is 0 Å². The van der Waals surface area contributed by atoms with E-state index in [1.54, 1.807) is 39.0 Å². The van der Waals surface area contributed by atoms with E-state index in [1.165, 1.54) is 34.5 Å². The number of hydrogen-bond donors (Lipinski definition) is 4.